The van der Waals surface area contributed by atoms with Crippen molar-refractivity contribution in [2.45, 2.75) is 32.3 Å². The van der Waals surface area contributed by atoms with Crippen molar-refractivity contribution >= 4 is 29.2 Å². The lowest BCUT2D eigenvalue weighted by atomic mass is 9.91. The molecule has 0 aliphatic heterocycles. The molecule has 0 bridgehead atoms. The van der Waals surface area contributed by atoms with E-state index in [0.717, 1.165) is 12.8 Å². The van der Waals surface area contributed by atoms with E-state index in [0.29, 0.717) is 22.0 Å². The zero-order chi connectivity index (χ0) is 14.4. The Hall–Kier alpha value is -0.770. The summed E-state index contributed by atoms with van der Waals surface area (Å²) in [6.07, 6.45) is 1.43. The average molecular weight is 305 g/mol. The molecule has 0 aliphatic carbocycles. The van der Waals surface area contributed by atoms with Gasteiger partial charge in [0.1, 0.15) is 0 Å². The minimum absolute atomic E-state index is 0.359. The predicted octanol–water partition coefficient (Wildman–Crippen LogP) is 4.01. The number of unbranched alkanes of at least 4 members (excludes halogenated alkanes) is 1. The number of carbonyl (C=O) groups is 1. The normalized spacial score (nSPS) is 13.9. The molecule has 0 heterocycles. The number of aliphatic hydroxyl groups is 1. The van der Waals surface area contributed by atoms with Crippen LogP contribution in [0, 0.1) is 5.92 Å². The van der Waals surface area contributed by atoms with Gasteiger partial charge < -0.3 is 9.84 Å². The van der Waals surface area contributed by atoms with Crippen LogP contribution in [0.3, 0.4) is 0 Å². The Morgan fingerprint density at radius 1 is 1.37 bits per heavy atom. The standard InChI is InChI=1S/C14H18Cl2O3/c1-3-4-5-10(14(18)19-2)13(17)9-6-7-11(15)12(16)8-9/h6-8,10,13,17H,3-5H2,1-2H3. The molecular weight excluding hydrogens is 287 g/mol. The molecule has 1 aromatic carbocycles. The maximum absolute atomic E-state index is 11.7. The van der Waals surface area contributed by atoms with E-state index < -0.39 is 18.0 Å². The average Bonchev–Trinajstić information content (AvgIpc) is 2.41. The Morgan fingerprint density at radius 2 is 2.05 bits per heavy atom. The number of aliphatic hydroxyl groups excluding tert-OH is 1. The minimum atomic E-state index is -0.936. The molecule has 106 valence electrons. The molecular formula is C14H18Cl2O3. The van der Waals surface area contributed by atoms with Gasteiger partial charge in [-0.2, -0.15) is 0 Å². The van der Waals surface area contributed by atoms with Crippen LogP contribution >= 0.6 is 23.2 Å². The van der Waals surface area contributed by atoms with E-state index in [-0.39, 0.29) is 0 Å². The Labute approximate surface area is 123 Å². The van der Waals surface area contributed by atoms with Crippen molar-refractivity contribution in [3.63, 3.8) is 0 Å². The Kier molecular flexibility index (Phi) is 6.63. The smallest absolute Gasteiger partial charge is 0.311 e. The number of methoxy groups -OCH3 is 1. The summed E-state index contributed by atoms with van der Waals surface area (Å²) < 4.78 is 4.75. The summed E-state index contributed by atoms with van der Waals surface area (Å²) in [6.45, 7) is 2.03. The van der Waals surface area contributed by atoms with Crippen LogP contribution in [0.1, 0.15) is 37.9 Å². The number of hydrogen-bond donors (Lipinski definition) is 1. The zero-order valence-electron chi connectivity index (χ0n) is 11.0. The molecule has 0 aromatic heterocycles. The number of benzene rings is 1. The van der Waals surface area contributed by atoms with E-state index in [1.165, 1.54) is 7.11 Å². The monoisotopic (exact) mass is 304 g/mol. The highest BCUT2D eigenvalue weighted by Gasteiger charge is 2.28. The number of esters is 1. The van der Waals surface area contributed by atoms with Gasteiger partial charge in [0, 0.05) is 0 Å². The van der Waals surface area contributed by atoms with Crippen molar-refractivity contribution < 1.29 is 14.6 Å². The highest BCUT2D eigenvalue weighted by Crippen LogP contribution is 2.31. The molecule has 0 amide bonds. The first-order valence-electron chi connectivity index (χ1n) is 6.22. The molecule has 0 saturated heterocycles. The summed E-state index contributed by atoms with van der Waals surface area (Å²) >= 11 is 11.8. The van der Waals surface area contributed by atoms with E-state index in [1.54, 1.807) is 18.2 Å². The molecule has 3 nitrogen and oxygen atoms in total. The topological polar surface area (TPSA) is 46.5 Å². The molecule has 1 aromatic rings. The van der Waals surface area contributed by atoms with E-state index in [1.807, 2.05) is 6.92 Å². The quantitative estimate of drug-likeness (QED) is 0.808. The predicted molar refractivity (Wildman–Crippen MR) is 76.5 cm³/mol. The molecule has 0 fully saturated rings. The molecule has 5 heteroatoms. The summed E-state index contributed by atoms with van der Waals surface area (Å²) in [5.74, 6) is -0.991. The third-order valence-corrected chi connectivity index (χ3v) is 3.78. The summed E-state index contributed by atoms with van der Waals surface area (Å²) in [6, 6.07) is 4.85. The van der Waals surface area contributed by atoms with Crippen LogP contribution in [-0.2, 0) is 9.53 Å². The largest absolute Gasteiger partial charge is 0.469 e. The third kappa shape index (κ3) is 4.37. The van der Waals surface area contributed by atoms with Crippen LogP contribution in [0.5, 0.6) is 0 Å². The maximum atomic E-state index is 11.7. The van der Waals surface area contributed by atoms with Gasteiger partial charge in [-0.25, -0.2) is 0 Å². The zero-order valence-corrected chi connectivity index (χ0v) is 12.5. The molecule has 19 heavy (non-hydrogen) atoms. The van der Waals surface area contributed by atoms with Gasteiger partial charge in [0.05, 0.1) is 29.2 Å². The van der Waals surface area contributed by atoms with Crippen LogP contribution in [0.25, 0.3) is 0 Å². The van der Waals surface area contributed by atoms with Crippen molar-refractivity contribution in [3.8, 4) is 0 Å². The third-order valence-electron chi connectivity index (χ3n) is 3.04. The van der Waals surface area contributed by atoms with Crippen molar-refractivity contribution in [2.75, 3.05) is 7.11 Å². The number of carbonyl (C=O) groups excluding carboxylic acids is 1. The van der Waals surface area contributed by atoms with Crippen molar-refractivity contribution in [3.05, 3.63) is 33.8 Å². The van der Waals surface area contributed by atoms with Gasteiger partial charge in [-0.05, 0) is 24.1 Å². The Morgan fingerprint density at radius 3 is 2.58 bits per heavy atom. The van der Waals surface area contributed by atoms with Gasteiger partial charge in [0.15, 0.2) is 0 Å². The minimum Gasteiger partial charge on any atom is -0.469 e. The van der Waals surface area contributed by atoms with E-state index in [9.17, 15) is 9.90 Å². The molecule has 0 saturated carbocycles. The highest BCUT2D eigenvalue weighted by molar-refractivity contribution is 6.42. The maximum Gasteiger partial charge on any atom is 0.311 e. The van der Waals surface area contributed by atoms with Gasteiger partial charge in [0.2, 0.25) is 0 Å². The molecule has 0 aliphatic rings. The van der Waals surface area contributed by atoms with Crippen LogP contribution in [-0.4, -0.2) is 18.2 Å². The summed E-state index contributed by atoms with van der Waals surface area (Å²) in [5.41, 5.74) is 0.570. The first-order valence-corrected chi connectivity index (χ1v) is 6.97. The molecule has 0 radical (unpaired) electrons. The fourth-order valence-corrected chi connectivity index (χ4v) is 2.22. The van der Waals surface area contributed by atoms with Gasteiger partial charge in [-0.3, -0.25) is 4.79 Å². The number of rotatable bonds is 6. The fourth-order valence-electron chi connectivity index (χ4n) is 1.91. The van der Waals surface area contributed by atoms with Crippen molar-refractivity contribution in [1.29, 1.82) is 0 Å². The van der Waals surface area contributed by atoms with Crippen molar-refractivity contribution in [2.24, 2.45) is 5.92 Å². The van der Waals surface area contributed by atoms with Gasteiger partial charge >= 0.3 is 5.97 Å². The van der Waals surface area contributed by atoms with E-state index in [2.05, 4.69) is 0 Å². The number of ether oxygens (including phenoxy) is 1. The lowest BCUT2D eigenvalue weighted by Gasteiger charge is -2.21. The summed E-state index contributed by atoms with van der Waals surface area (Å²) in [7, 11) is 1.32. The van der Waals surface area contributed by atoms with Crippen LogP contribution in [0.4, 0.5) is 0 Å². The van der Waals surface area contributed by atoms with E-state index >= 15 is 0 Å². The summed E-state index contributed by atoms with van der Waals surface area (Å²) in [5, 5.41) is 11.1. The lowest BCUT2D eigenvalue weighted by Crippen LogP contribution is -2.23. The lowest BCUT2D eigenvalue weighted by molar-refractivity contribution is -0.150. The molecule has 1 N–H and O–H groups in total. The summed E-state index contributed by atoms with van der Waals surface area (Å²) in [4.78, 5) is 11.7. The molecule has 1 rings (SSSR count). The Bertz CT molecular complexity index is 435. The fraction of sp³-hybridized carbons (Fsp3) is 0.500. The Balaban J connectivity index is 2.93. The highest BCUT2D eigenvalue weighted by atomic mass is 35.5. The molecule has 0 spiro atoms. The second-order valence-electron chi connectivity index (χ2n) is 4.39. The first kappa shape index (κ1) is 16.3. The second kappa shape index (κ2) is 7.73. The van der Waals surface area contributed by atoms with E-state index in [4.69, 9.17) is 27.9 Å². The number of halogens is 2. The van der Waals surface area contributed by atoms with Gasteiger partial charge in [-0.15, -0.1) is 0 Å². The van der Waals surface area contributed by atoms with Crippen molar-refractivity contribution in [1.82, 2.24) is 0 Å². The van der Waals surface area contributed by atoms with Gasteiger partial charge in [0.25, 0.3) is 0 Å². The molecule has 2 atom stereocenters. The first-order chi connectivity index (χ1) is 9.01. The second-order valence-corrected chi connectivity index (χ2v) is 5.20. The van der Waals surface area contributed by atoms with Crippen LogP contribution < -0.4 is 0 Å². The van der Waals surface area contributed by atoms with Gasteiger partial charge in [-0.1, -0.05) is 49.0 Å². The van der Waals surface area contributed by atoms with Crippen LogP contribution in [0.2, 0.25) is 10.0 Å². The SMILES string of the molecule is CCCCC(C(=O)OC)C(O)c1ccc(Cl)c(Cl)c1. The molecule has 2 unspecified atom stereocenters. The van der Waals surface area contributed by atoms with Crippen LogP contribution in [0.15, 0.2) is 18.2 Å². The number of hydrogen-bond acceptors (Lipinski definition) is 3.